The fourth-order valence-electron chi connectivity index (χ4n) is 2.29. The predicted octanol–water partition coefficient (Wildman–Crippen LogP) is 4.83. The largest absolute Gasteiger partial charge is 0.489 e. The SMILES string of the molecule is COC(OC)c1cc(Cl)ccc1COc1cc(C)ccc1C. The van der Waals surface area contributed by atoms with Gasteiger partial charge in [-0.1, -0.05) is 29.8 Å². The average Bonchev–Trinajstić information content (AvgIpc) is 2.51. The summed E-state index contributed by atoms with van der Waals surface area (Å²) in [5.74, 6) is 0.882. The minimum Gasteiger partial charge on any atom is -0.489 e. The van der Waals surface area contributed by atoms with Gasteiger partial charge in [-0.25, -0.2) is 0 Å². The fraction of sp³-hybridized carbons (Fsp3) is 0.333. The van der Waals surface area contributed by atoms with Crippen molar-refractivity contribution in [3.63, 3.8) is 0 Å². The quantitative estimate of drug-likeness (QED) is 0.714. The Morgan fingerprint density at radius 1 is 1.00 bits per heavy atom. The zero-order valence-electron chi connectivity index (χ0n) is 13.4. The fourth-order valence-corrected chi connectivity index (χ4v) is 2.47. The molecule has 0 amide bonds. The Balaban J connectivity index is 2.24. The molecular formula is C18H21ClO3. The summed E-state index contributed by atoms with van der Waals surface area (Å²) < 4.78 is 16.6. The van der Waals surface area contributed by atoms with Gasteiger partial charge in [0.2, 0.25) is 0 Å². The maximum Gasteiger partial charge on any atom is 0.183 e. The van der Waals surface area contributed by atoms with Crippen LogP contribution in [-0.2, 0) is 16.1 Å². The van der Waals surface area contributed by atoms with Gasteiger partial charge in [0, 0.05) is 24.8 Å². The number of hydrogen-bond donors (Lipinski definition) is 0. The van der Waals surface area contributed by atoms with E-state index in [0.717, 1.165) is 22.4 Å². The molecule has 22 heavy (non-hydrogen) atoms. The second-order valence-electron chi connectivity index (χ2n) is 5.20. The van der Waals surface area contributed by atoms with Crippen LogP contribution in [0.5, 0.6) is 5.75 Å². The lowest BCUT2D eigenvalue weighted by atomic mass is 10.1. The van der Waals surface area contributed by atoms with E-state index in [4.69, 9.17) is 25.8 Å². The summed E-state index contributed by atoms with van der Waals surface area (Å²) in [5, 5.41) is 0.643. The van der Waals surface area contributed by atoms with Crippen LogP contribution in [0.3, 0.4) is 0 Å². The van der Waals surface area contributed by atoms with E-state index in [2.05, 4.69) is 12.1 Å². The van der Waals surface area contributed by atoms with Crippen LogP contribution in [0, 0.1) is 13.8 Å². The van der Waals surface area contributed by atoms with Crippen molar-refractivity contribution >= 4 is 11.6 Å². The normalized spacial score (nSPS) is 11.0. The summed E-state index contributed by atoms with van der Waals surface area (Å²) in [4.78, 5) is 0. The third-order valence-corrected chi connectivity index (χ3v) is 3.75. The van der Waals surface area contributed by atoms with Crippen molar-refractivity contribution in [1.82, 2.24) is 0 Å². The topological polar surface area (TPSA) is 27.7 Å². The van der Waals surface area contributed by atoms with Gasteiger partial charge in [0.05, 0.1) is 0 Å². The summed E-state index contributed by atoms with van der Waals surface area (Å²) in [6.45, 7) is 4.51. The molecule has 0 N–H and O–H groups in total. The van der Waals surface area contributed by atoms with E-state index in [-0.39, 0.29) is 0 Å². The minimum absolute atomic E-state index is 0.431. The Morgan fingerprint density at radius 3 is 2.41 bits per heavy atom. The summed E-state index contributed by atoms with van der Waals surface area (Å²) >= 11 is 6.09. The number of benzene rings is 2. The van der Waals surface area contributed by atoms with Crippen molar-refractivity contribution in [1.29, 1.82) is 0 Å². The number of hydrogen-bond acceptors (Lipinski definition) is 3. The first-order chi connectivity index (χ1) is 10.5. The summed E-state index contributed by atoms with van der Waals surface area (Å²) in [7, 11) is 3.20. The smallest absolute Gasteiger partial charge is 0.183 e. The minimum atomic E-state index is -0.462. The monoisotopic (exact) mass is 320 g/mol. The number of ether oxygens (including phenoxy) is 3. The zero-order chi connectivity index (χ0) is 16.1. The summed E-state index contributed by atoms with van der Waals surface area (Å²) in [6, 6.07) is 11.8. The van der Waals surface area contributed by atoms with Crippen LogP contribution in [-0.4, -0.2) is 14.2 Å². The van der Waals surface area contributed by atoms with Gasteiger partial charge in [0.25, 0.3) is 0 Å². The standard InChI is InChI=1S/C18H21ClO3/c1-12-5-6-13(2)17(9-12)22-11-14-7-8-15(19)10-16(14)18(20-3)21-4/h5-10,18H,11H2,1-4H3. The molecule has 0 radical (unpaired) electrons. The van der Waals surface area contributed by atoms with E-state index < -0.39 is 6.29 Å². The highest BCUT2D eigenvalue weighted by Gasteiger charge is 2.15. The second-order valence-corrected chi connectivity index (χ2v) is 5.64. The Morgan fingerprint density at radius 2 is 1.73 bits per heavy atom. The maximum atomic E-state index is 6.09. The van der Waals surface area contributed by atoms with Crippen LogP contribution in [0.25, 0.3) is 0 Å². The molecule has 4 heteroatoms. The van der Waals surface area contributed by atoms with Crippen molar-refractivity contribution in [3.8, 4) is 5.75 Å². The third-order valence-electron chi connectivity index (χ3n) is 3.52. The summed E-state index contributed by atoms with van der Waals surface area (Å²) in [5.41, 5.74) is 4.14. The zero-order valence-corrected chi connectivity index (χ0v) is 14.1. The van der Waals surface area contributed by atoms with Gasteiger partial charge in [-0.3, -0.25) is 0 Å². The van der Waals surface area contributed by atoms with Crippen molar-refractivity contribution in [2.75, 3.05) is 14.2 Å². The highest BCUT2D eigenvalue weighted by atomic mass is 35.5. The van der Waals surface area contributed by atoms with E-state index in [0.29, 0.717) is 11.6 Å². The molecule has 0 aliphatic rings. The number of methoxy groups -OCH3 is 2. The molecule has 2 aromatic carbocycles. The molecule has 0 aliphatic carbocycles. The van der Waals surface area contributed by atoms with E-state index in [1.165, 1.54) is 5.56 Å². The molecule has 0 fully saturated rings. The molecule has 0 spiro atoms. The average molecular weight is 321 g/mol. The van der Waals surface area contributed by atoms with Crippen LogP contribution in [0.2, 0.25) is 5.02 Å². The molecule has 0 bridgehead atoms. The number of halogens is 1. The van der Waals surface area contributed by atoms with Gasteiger partial charge in [0.1, 0.15) is 12.4 Å². The van der Waals surface area contributed by atoms with Gasteiger partial charge in [-0.2, -0.15) is 0 Å². The van der Waals surface area contributed by atoms with Crippen LogP contribution in [0.4, 0.5) is 0 Å². The molecule has 3 nitrogen and oxygen atoms in total. The molecule has 0 aromatic heterocycles. The lowest BCUT2D eigenvalue weighted by Gasteiger charge is -2.19. The molecule has 118 valence electrons. The predicted molar refractivity (Wildman–Crippen MR) is 88.5 cm³/mol. The Hall–Kier alpha value is -1.55. The Labute approximate surface area is 136 Å². The number of aryl methyl sites for hydroxylation is 2. The van der Waals surface area contributed by atoms with Gasteiger partial charge in [-0.05, 0) is 48.7 Å². The molecule has 0 aliphatic heterocycles. The van der Waals surface area contributed by atoms with E-state index in [1.807, 2.05) is 38.1 Å². The first kappa shape index (κ1) is 16.8. The number of rotatable bonds is 6. The lowest BCUT2D eigenvalue weighted by molar-refractivity contribution is -0.106. The van der Waals surface area contributed by atoms with Crippen LogP contribution in [0.15, 0.2) is 36.4 Å². The lowest BCUT2D eigenvalue weighted by Crippen LogP contribution is -2.09. The molecule has 0 saturated heterocycles. The van der Waals surface area contributed by atoms with Crippen LogP contribution in [0.1, 0.15) is 28.5 Å². The molecule has 2 rings (SSSR count). The van der Waals surface area contributed by atoms with Crippen molar-refractivity contribution in [2.45, 2.75) is 26.7 Å². The van der Waals surface area contributed by atoms with Crippen molar-refractivity contribution < 1.29 is 14.2 Å². The molecule has 0 heterocycles. The molecule has 0 unspecified atom stereocenters. The molecule has 2 aromatic rings. The first-order valence-corrected chi connectivity index (χ1v) is 7.47. The molecule has 0 atom stereocenters. The Bertz CT molecular complexity index is 636. The highest BCUT2D eigenvalue weighted by molar-refractivity contribution is 6.30. The Kier molecular flexibility index (Phi) is 5.83. The third kappa shape index (κ3) is 4.01. The molecular weight excluding hydrogens is 300 g/mol. The van der Waals surface area contributed by atoms with Gasteiger partial charge in [0.15, 0.2) is 6.29 Å². The van der Waals surface area contributed by atoms with Gasteiger partial charge < -0.3 is 14.2 Å². The van der Waals surface area contributed by atoms with E-state index in [9.17, 15) is 0 Å². The maximum absolute atomic E-state index is 6.09. The first-order valence-electron chi connectivity index (χ1n) is 7.09. The highest BCUT2D eigenvalue weighted by Crippen LogP contribution is 2.27. The van der Waals surface area contributed by atoms with Gasteiger partial charge >= 0.3 is 0 Å². The van der Waals surface area contributed by atoms with Crippen LogP contribution < -0.4 is 4.74 Å². The molecule has 0 saturated carbocycles. The van der Waals surface area contributed by atoms with Gasteiger partial charge in [-0.15, -0.1) is 0 Å². The summed E-state index contributed by atoms with van der Waals surface area (Å²) in [6.07, 6.45) is -0.462. The second kappa shape index (κ2) is 7.63. The van der Waals surface area contributed by atoms with Crippen molar-refractivity contribution in [2.24, 2.45) is 0 Å². The van der Waals surface area contributed by atoms with E-state index >= 15 is 0 Å². The van der Waals surface area contributed by atoms with Crippen molar-refractivity contribution in [3.05, 3.63) is 63.7 Å². The van der Waals surface area contributed by atoms with E-state index in [1.54, 1.807) is 14.2 Å². The van der Waals surface area contributed by atoms with Crippen LogP contribution >= 0.6 is 11.6 Å².